The van der Waals surface area contributed by atoms with Crippen LogP contribution in [0.4, 0.5) is 0 Å². The number of hydrogen-bond donors (Lipinski definition) is 0. The summed E-state index contributed by atoms with van der Waals surface area (Å²) in [7, 11) is 0. The standard InChI is InChI=1S/C18H25N3S2/c1-15-5-3-6-16(19-15)13-20-9-4-10-21(12-11-20)14-17-7-8-18(22-2)23-17/h3,5-8H,4,9-14H2,1-2H3. The van der Waals surface area contributed by atoms with Gasteiger partial charge >= 0.3 is 0 Å². The lowest BCUT2D eigenvalue weighted by molar-refractivity contribution is 0.246. The molecule has 0 atom stereocenters. The van der Waals surface area contributed by atoms with E-state index in [0.717, 1.165) is 31.9 Å². The lowest BCUT2D eigenvalue weighted by atomic mass is 10.3. The van der Waals surface area contributed by atoms with Crippen molar-refractivity contribution in [3.05, 3.63) is 46.6 Å². The number of nitrogens with zero attached hydrogens (tertiary/aromatic N) is 3. The SMILES string of the molecule is CSc1ccc(CN2CCCN(Cc3cccc(C)n3)CC2)s1. The van der Waals surface area contributed by atoms with Gasteiger partial charge < -0.3 is 0 Å². The quantitative estimate of drug-likeness (QED) is 0.764. The first-order chi connectivity index (χ1) is 11.2. The summed E-state index contributed by atoms with van der Waals surface area (Å²) < 4.78 is 1.42. The van der Waals surface area contributed by atoms with Gasteiger partial charge in [0.15, 0.2) is 0 Å². The van der Waals surface area contributed by atoms with E-state index in [1.165, 1.54) is 34.3 Å². The van der Waals surface area contributed by atoms with E-state index in [4.69, 9.17) is 0 Å². The van der Waals surface area contributed by atoms with Crippen molar-refractivity contribution in [2.24, 2.45) is 0 Å². The molecule has 5 heteroatoms. The number of aromatic nitrogens is 1. The van der Waals surface area contributed by atoms with Crippen molar-refractivity contribution in [1.82, 2.24) is 14.8 Å². The zero-order chi connectivity index (χ0) is 16.1. The second-order valence-electron chi connectivity index (χ2n) is 6.10. The van der Waals surface area contributed by atoms with Gasteiger partial charge in [0.25, 0.3) is 0 Å². The normalized spacial score (nSPS) is 17.3. The first-order valence-corrected chi connectivity index (χ1v) is 10.3. The van der Waals surface area contributed by atoms with Crippen LogP contribution in [-0.4, -0.2) is 47.2 Å². The fourth-order valence-electron chi connectivity index (χ4n) is 3.03. The smallest absolute Gasteiger partial charge is 0.0599 e. The van der Waals surface area contributed by atoms with Gasteiger partial charge in [0.05, 0.1) is 9.90 Å². The third-order valence-electron chi connectivity index (χ3n) is 4.23. The zero-order valence-electron chi connectivity index (χ0n) is 14.0. The molecule has 0 bridgehead atoms. The average Bonchev–Trinajstić information content (AvgIpc) is 2.88. The molecule has 0 unspecified atom stereocenters. The van der Waals surface area contributed by atoms with Crippen LogP contribution in [0.1, 0.15) is 22.7 Å². The Morgan fingerprint density at radius 1 is 1.04 bits per heavy atom. The molecule has 1 aliphatic heterocycles. The molecule has 3 heterocycles. The number of rotatable bonds is 5. The Labute approximate surface area is 147 Å². The van der Waals surface area contributed by atoms with Gasteiger partial charge in [0.2, 0.25) is 0 Å². The van der Waals surface area contributed by atoms with Gasteiger partial charge in [-0.05, 0) is 57.0 Å². The predicted octanol–water partition coefficient (Wildman–Crippen LogP) is 3.88. The minimum atomic E-state index is 0.977. The van der Waals surface area contributed by atoms with Gasteiger partial charge in [0.1, 0.15) is 0 Å². The number of aryl methyl sites for hydroxylation is 1. The zero-order valence-corrected chi connectivity index (χ0v) is 15.6. The van der Waals surface area contributed by atoms with Gasteiger partial charge in [-0.15, -0.1) is 23.1 Å². The molecular weight excluding hydrogens is 322 g/mol. The highest BCUT2D eigenvalue weighted by molar-refractivity contribution is 8.00. The molecule has 0 spiro atoms. The summed E-state index contributed by atoms with van der Waals surface area (Å²) in [5.41, 5.74) is 2.31. The molecule has 0 aromatic carbocycles. The van der Waals surface area contributed by atoms with Crippen LogP contribution >= 0.6 is 23.1 Å². The van der Waals surface area contributed by atoms with Gasteiger partial charge in [-0.25, -0.2) is 0 Å². The van der Waals surface area contributed by atoms with Crippen molar-refractivity contribution >= 4 is 23.1 Å². The van der Waals surface area contributed by atoms with Crippen molar-refractivity contribution in [3.8, 4) is 0 Å². The van der Waals surface area contributed by atoms with E-state index in [0.29, 0.717) is 0 Å². The molecule has 3 nitrogen and oxygen atoms in total. The summed E-state index contributed by atoms with van der Waals surface area (Å²) in [6, 6.07) is 10.9. The van der Waals surface area contributed by atoms with Gasteiger partial charge in [0, 0.05) is 36.8 Å². The van der Waals surface area contributed by atoms with Gasteiger partial charge in [-0.3, -0.25) is 14.8 Å². The number of thioether (sulfide) groups is 1. The minimum Gasteiger partial charge on any atom is -0.297 e. The summed E-state index contributed by atoms with van der Waals surface area (Å²) in [5.74, 6) is 0. The first kappa shape index (κ1) is 17.0. The summed E-state index contributed by atoms with van der Waals surface area (Å²) in [5, 5.41) is 0. The van der Waals surface area contributed by atoms with Crippen LogP contribution in [0.3, 0.4) is 0 Å². The monoisotopic (exact) mass is 347 g/mol. The average molecular weight is 348 g/mol. The van der Waals surface area contributed by atoms with E-state index in [2.05, 4.69) is 58.3 Å². The molecule has 23 heavy (non-hydrogen) atoms. The van der Waals surface area contributed by atoms with Crippen LogP contribution in [0.25, 0.3) is 0 Å². The Kier molecular flexibility index (Phi) is 6.11. The minimum absolute atomic E-state index is 0.977. The van der Waals surface area contributed by atoms with Crippen molar-refractivity contribution in [3.63, 3.8) is 0 Å². The molecule has 3 rings (SSSR count). The highest BCUT2D eigenvalue weighted by Crippen LogP contribution is 2.26. The van der Waals surface area contributed by atoms with Crippen molar-refractivity contribution in [1.29, 1.82) is 0 Å². The van der Waals surface area contributed by atoms with Crippen LogP contribution in [0, 0.1) is 6.92 Å². The third-order valence-corrected chi connectivity index (χ3v) is 6.38. The fraction of sp³-hybridized carbons (Fsp3) is 0.500. The van der Waals surface area contributed by atoms with E-state index < -0.39 is 0 Å². The lowest BCUT2D eigenvalue weighted by Gasteiger charge is -2.21. The number of pyridine rings is 1. The van der Waals surface area contributed by atoms with Crippen LogP contribution in [0.2, 0.25) is 0 Å². The summed E-state index contributed by atoms with van der Waals surface area (Å²) in [4.78, 5) is 11.3. The molecule has 0 amide bonds. The topological polar surface area (TPSA) is 19.4 Å². The van der Waals surface area contributed by atoms with Crippen molar-refractivity contribution in [2.45, 2.75) is 30.6 Å². The Morgan fingerprint density at radius 2 is 1.83 bits per heavy atom. The largest absolute Gasteiger partial charge is 0.297 e. The van der Waals surface area contributed by atoms with Crippen LogP contribution in [0.15, 0.2) is 34.5 Å². The maximum atomic E-state index is 4.64. The first-order valence-electron chi connectivity index (χ1n) is 8.23. The second-order valence-corrected chi connectivity index (χ2v) is 8.38. The molecule has 1 saturated heterocycles. The summed E-state index contributed by atoms with van der Waals surface area (Å²) in [6.45, 7) is 8.80. The van der Waals surface area contributed by atoms with E-state index >= 15 is 0 Å². The highest BCUT2D eigenvalue weighted by Gasteiger charge is 2.16. The Balaban J connectivity index is 1.52. The third kappa shape index (κ3) is 5.05. The predicted molar refractivity (Wildman–Crippen MR) is 100 cm³/mol. The molecular formula is C18H25N3S2. The molecule has 1 aliphatic rings. The van der Waals surface area contributed by atoms with Gasteiger partial charge in [-0.1, -0.05) is 6.07 Å². The van der Waals surface area contributed by atoms with Crippen LogP contribution < -0.4 is 0 Å². The van der Waals surface area contributed by atoms with Crippen molar-refractivity contribution in [2.75, 3.05) is 32.4 Å². The summed E-state index contributed by atoms with van der Waals surface area (Å²) >= 11 is 3.78. The molecule has 0 aliphatic carbocycles. The molecule has 0 N–H and O–H groups in total. The molecule has 0 saturated carbocycles. The highest BCUT2D eigenvalue weighted by atomic mass is 32.2. The maximum absolute atomic E-state index is 4.64. The van der Waals surface area contributed by atoms with E-state index in [9.17, 15) is 0 Å². The van der Waals surface area contributed by atoms with E-state index in [-0.39, 0.29) is 0 Å². The molecule has 1 fully saturated rings. The number of thiophene rings is 1. The Bertz CT molecular complexity index is 626. The van der Waals surface area contributed by atoms with E-state index in [1.807, 2.05) is 23.1 Å². The Hall–Kier alpha value is -0.880. The van der Waals surface area contributed by atoms with Gasteiger partial charge in [-0.2, -0.15) is 0 Å². The molecule has 2 aromatic heterocycles. The fourth-order valence-corrected chi connectivity index (χ4v) is 4.67. The van der Waals surface area contributed by atoms with E-state index in [1.54, 1.807) is 0 Å². The lowest BCUT2D eigenvalue weighted by Crippen LogP contribution is -2.30. The molecule has 0 radical (unpaired) electrons. The Morgan fingerprint density at radius 3 is 2.52 bits per heavy atom. The molecule has 124 valence electrons. The van der Waals surface area contributed by atoms with Crippen LogP contribution in [-0.2, 0) is 13.1 Å². The number of hydrogen-bond acceptors (Lipinski definition) is 5. The van der Waals surface area contributed by atoms with Crippen LogP contribution in [0.5, 0.6) is 0 Å². The van der Waals surface area contributed by atoms with Crippen molar-refractivity contribution < 1.29 is 0 Å². The maximum Gasteiger partial charge on any atom is 0.0599 e. The molecule has 2 aromatic rings. The summed E-state index contributed by atoms with van der Waals surface area (Å²) in [6.07, 6.45) is 3.39. The second kappa shape index (κ2) is 8.29.